The second-order valence-electron chi connectivity index (χ2n) is 5.29. The van der Waals surface area contributed by atoms with Crippen molar-refractivity contribution in [2.45, 2.75) is 6.42 Å². The molecule has 0 saturated carbocycles. The maximum absolute atomic E-state index is 10.9. The Morgan fingerprint density at radius 1 is 1.36 bits per heavy atom. The first kappa shape index (κ1) is 16.6. The van der Waals surface area contributed by atoms with Crippen molar-refractivity contribution in [1.82, 2.24) is 4.90 Å². The van der Waals surface area contributed by atoms with Gasteiger partial charge in [0, 0.05) is 44.5 Å². The third-order valence-electron chi connectivity index (χ3n) is 3.80. The molecule has 1 aliphatic heterocycles. The van der Waals surface area contributed by atoms with Crippen LogP contribution >= 0.6 is 0 Å². The molecule has 0 radical (unpaired) electrons. The molecule has 0 amide bonds. The topological polar surface area (TPSA) is 62.2 Å². The smallest absolute Gasteiger partial charge is 0.305 e. The SMILES string of the molecule is COc1cccc(N(CCC(=O)O)CCN2CCOCC2)c1. The highest BCUT2D eigenvalue weighted by Crippen LogP contribution is 2.21. The lowest BCUT2D eigenvalue weighted by molar-refractivity contribution is -0.136. The van der Waals surface area contributed by atoms with E-state index >= 15 is 0 Å². The number of hydrogen-bond acceptors (Lipinski definition) is 5. The van der Waals surface area contributed by atoms with Gasteiger partial charge in [-0.15, -0.1) is 0 Å². The number of morpholine rings is 1. The zero-order valence-corrected chi connectivity index (χ0v) is 13.0. The van der Waals surface area contributed by atoms with Gasteiger partial charge in [0.25, 0.3) is 0 Å². The maximum Gasteiger partial charge on any atom is 0.305 e. The lowest BCUT2D eigenvalue weighted by Gasteiger charge is -2.31. The van der Waals surface area contributed by atoms with Crippen LogP contribution in [0.1, 0.15) is 6.42 Å². The number of hydrogen-bond donors (Lipinski definition) is 1. The summed E-state index contributed by atoms with van der Waals surface area (Å²) in [5.74, 6) is 0.00321. The molecule has 22 heavy (non-hydrogen) atoms. The van der Waals surface area contributed by atoms with Crippen LogP contribution in [0.25, 0.3) is 0 Å². The van der Waals surface area contributed by atoms with Crippen LogP contribution in [-0.4, -0.2) is 69.0 Å². The largest absolute Gasteiger partial charge is 0.497 e. The summed E-state index contributed by atoms with van der Waals surface area (Å²) in [7, 11) is 1.63. The molecule has 1 aromatic carbocycles. The van der Waals surface area contributed by atoms with Gasteiger partial charge in [0.1, 0.15) is 5.75 Å². The molecular formula is C16H24N2O4. The lowest BCUT2D eigenvalue weighted by Crippen LogP contribution is -2.42. The van der Waals surface area contributed by atoms with Crippen LogP contribution in [-0.2, 0) is 9.53 Å². The molecule has 122 valence electrons. The van der Waals surface area contributed by atoms with Crippen molar-refractivity contribution < 1.29 is 19.4 Å². The van der Waals surface area contributed by atoms with E-state index in [0.717, 1.165) is 50.8 Å². The molecule has 0 unspecified atom stereocenters. The fraction of sp³-hybridized carbons (Fsp3) is 0.562. The van der Waals surface area contributed by atoms with Crippen molar-refractivity contribution in [3.05, 3.63) is 24.3 Å². The van der Waals surface area contributed by atoms with Gasteiger partial charge in [-0.2, -0.15) is 0 Å². The fourth-order valence-corrected chi connectivity index (χ4v) is 2.49. The van der Waals surface area contributed by atoms with E-state index in [-0.39, 0.29) is 6.42 Å². The van der Waals surface area contributed by atoms with Crippen LogP contribution < -0.4 is 9.64 Å². The molecule has 1 fully saturated rings. The number of methoxy groups -OCH3 is 1. The summed E-state index contributed by atoms with van der Waals surface area (Å²) in [6.45, 7) is 5.60. The molecule has 6 nitrogen and oxygen atoms in total. The molecule has 0 atom stereocenters. The van der Waals surface area contributed by atoms with E-state index in [1.54, 1.807) is 7.11 Å². The Balaban J connectivity index is 1.98. The lowest BCUT2D eigenvalue weighted by atomic mass is 10.2. The monoisotopic (exact) mass is 308 g/mol. The van der Waals surface area contributed by atoms with Crippen LogP contribution in [0.5, 0.6) is 5.75 Å². The van der Waals surface area contributed by atoms with Gasteiger partial charge in [0.15, 0.2) is 0 Å². The standard InChI is InChI=1S/C16H24N2O4/c1-21-15-4-2-3-14(13-15)18(6-5-16(19)20)8-7-17-9-11-22-12-10-17/h2-4,13H,5-12H2,1H3,(H,19,20). The Labute approximate surface area is 131 Å². The molecule has 1 aliphatic rings. The molecule has 1 N–H and O–H groups in total. The van der Waals surface area contributed by atoms with Gasteiger partial charge in [0.2, 0.25) is 0 Å². The van der Waals surface area contributed by atoms with Crippen LogP contribution in [0, 0.1) is 0 Å². The van der Waals surface area contributed by atoms with E-state index in [2.05, 4.69) is 9.80 Å². The van der Waals surface area contributed by atoms with E-state index in [4.69, 9.17) is 14.6 Å². The first-order valence-electron chi connectivity index (χ1n) is 7.60. The Kier molecular flexibility index (Phi) is 6.48. The summed E-state index contributed by atoms with van der Waals surface area (Å²) in [6.07, 6.45) is 0.125. The minimum atomic E-state index is -0.778. The minimum absolute atomic E-state index is 0.125. The second-order valence-corrected chi connectivity index (χ2v) is 5.29. The third-order valence-corrected chi connectivity index (χ3v) is 3.80. The van der Waals surface area contributed by atoms with Gasteiger partial charge < -0.3 is 19.5 Å². The Morgan fingerprint density at radius 2 is 2.14 bits per heavy atom. The molecular weight excluding hydrogens is 284 g/mol. The highest BCUT2D eigenvalue weighted by atomic mass is 16.5. The van der Waals surface area contributed by atoms with Crippen molar-refractivity contribution in [1.29, 1.82) is 0 Å². The van der Waals surface area contributed by atoms with E-state index in [0.29, 0.717) is 6.54 Å². The van der Waals surface area contributed by atoms with Gasteiger partial charge in [-0.25, -0.2) is 0 Å². The van der Waals surface area contributed by atoms with Crippen molar-refractivity contribution in [3.8, 4) is 5.75 Å². The van der Waals surface area contributed by atoms with E-state index in [1.807, 2.05) is 24.3 Å². The van der Waals surface area contributed by atoms with E-state index in [9.17, 15) is 4.79 Å². The summed E-state index contributed by atoms with van der Waals surface area (Å²) in [5, 5.41) is 8.95. The molecule has 0 aliphatic carbocycles. The van der Waals surface area contributed by atoms with Crippen molar-refractivity contribution in [2.24, 2.45) is 0 Å². The predicted molar refractivity (Wildman–Crippen MR) is 84.7 cm³/mol. The Hall–Kier alpha value is -1.79. The maximum atomic E-state index is 10.9. The highest BCUT2D eigenvalue weighted by molar-refractivity contribution is 5.67. The summed E-state index contributed by atoms with van der Waals surface area (Å²) in [5.41, 5.74) is 0.994. The number of ether oxygens (including phenoxy) is 2. The number of benzene rings is 1. The average molecular weight is 308 g/mol. The normalized spacial score (nSPS) is 15.5. The highest BCUT2D eigenvalue weighted by Gasteiger charge is 2.14. The summed E-state index contributed by atoms with van der Waals surface area (Å²) >= 11 is 0. The van der Waals surface area contributed by atoms with Crippen LogP contribution in [0.2, 0.25) is 0 Å². The average Bonchev–Trinajstić information content (AvgIpc) is 2.55. The van der Waals surface area contributed by atoms with Gasteiger partial charge in [-0.1, -0.05) is 6.07 Å². The Morgan fingerprint density at radius 3 is 2.82 bits per heavy atom. The molecule has 6 heteroatoms. The van der Waals surface area contributed by atoms with Crippen LogP contribution in [0.4, 0.5) is 5.69 Å². The van der Waals surface area contributed by atoms with Crippen LogP contribution in [0.15, 0.2) is 24.3 Å². The number of carboxylic acids is 1. The number of aliphatic carboxylic acids is 1. The van der Waals surface area contributed by atoms with E-state index < -0.39 is 5.97 Å². The predicted octanol–water partition coefficient (Wildman–Crippen LogP) is 1.31. The summed E-state index contributed by atoms with van der Waals surface area (Å²) in [6, 6.07) is 7.75. The molecule has 1 heterocycles. The Bertz CT molecular complexity index is 475. The van der Waals surface area contributed by atoms with Crippen LogP contribution in [0.3, 0.4) is 0 Å². The summed E-state index contributed by atoms with van der Waals surface area (Å²) < 4.78 is 10.6. The number of carbonyl (C=O) groups is 1. The van der Waals surface area contributed by atoms with Gasteiger partial charge in [0.05, 0.1) is 26.7 Å². The van der Waals surface area contributed by atoms with Crippen molar-refractivity contribution in [3.63, 3.8) is 0 Å². The van der Waals surface area contributed by atoms with Gasteiger partial charge in [-0.3, -0.25) is 9.69 Å². The fourth-order valence-electron chi connectivity index (χ4n) is 2.49. The number of carboxylic acid groups (broad SMARTS) is 1. The first-order valence-corrected chi connectivity index (χ1v) is 7.60. The quantitative estimate of drug-likeness (QED) is 0.781. The third kappa shape index (κ3) is 5.20. The zero-order valence-electron chi connectivity index (χ0n) is 13.0. The van der Waals surface area contributed by atoms with Crippen molar-refractivity contribution >= 4 is 11.7 Å². The van der Waals surface area contributed by atoms with Gasteiger partial charge in [-0.05, 0) is 12.1 Å². The summed E-state index contributed by atoms with van der Waals surface area (Å²) in [4.78, 5) is 15.3. The first-order chi connectivity index (χ1) is 10.7. The minimum Gasteiger partial charge on any atom is -0.497 e. The number of rotatable bonds is 8. The molecule has 0 aromatic heterocycles. The zero-order chi connectivity index (χ0) is 15.8. The molecule has 0 bridgehead atoms. The molecule has 2 rings (SSSR count). The second kappa shape index (κ2) is 8.60. The number of nitrogens with zero attached hydrogens (tertiary/aromatic N) is 2. The van der Waals surface area contributed by atoms with E-state index in [1.165, 1.54) is 0 Å². The molecule has 1 aromatic rings. The van der Waals surface area contributed by atoms with Crippen molar-refractivity contribution in [2.75, 3.05) is 57.9 Å². The van der Waals surface area contributed by atoms with Gasteiger partial charge >= 0.3 is 5.97 Å². The molecule has 0 spiro atoms. The molecule has 1 saturated heterocycles. The number of anilines is 1.